The molecule has 0 N–H and O–H groups in total. The summed E-state index contributed by atoms with van der Waals surface area (Å²) in [4.78, 5) is 4.78. The fraction of sp³-hybridized carbons (Fsp3) is 0.0800. The Kier molecular flexibility index (Phi) is 7.06. The number of fused-ring (bicyclic) bond motifs is 5. The van der Waals surface area contributed by atoms with E-state index in [2.05, 4.69) is 206 Å². The molecule has 0 unspecified atom stereocenters. The van der Waals surface area contributed by atoms with Crippen LogP contribution in [0.4, 0.5) is 34.1 Å². The highest BCUT2D eigenvalue weighted by atomic mass is 16.5. The SMILES string of the molecule is Cc1cccc2c1N1c3ccc(-c4ccc(N(c5ccc(-c6ccccc6)cc5)c5ccc6ccccc6c5)cc4)cc3C(C)(C)c3cccc(c31)O2. The van der Waals surface area contributed by atoms with Crippen LogP contribution < -0.4 is 14.5 Å². The Hall–Kier alpha value is -6.58. The summed E-state index contributed by atoms with van der Waals surface area (Å²) in [5, 5.41) is 2.45. The van der Waals surface area contributed by atoms with Gasteiger partial charge < -0.3 is 14.5 Å². The van der Waals surface area contributed by atoms with Gasteiger partial charge in [-0.2, -0.15) is 0 Å². The first kappa shape index (κ1) is 31.2. The Bertz CT molecular complexity index is 2680. The van der Waals surface area contributed by atoms with Crippen molar-refractivity contribution in [3.63, 3.8) is 0 Å². The van der Waals surface area contributed by atoms with Crippen molar-refractivity contribution in [1.82, 2.24) is 0 Å². The standard InChI is InChI=1S/C50H38N2O/c1-33-11-9-17-46-48(33)52-45-30-24-39(32-44(45)50(2,3)43-16-10-18-47(53-46)49(43)52)37-21-27-41(28-22-37)51(42-29-23-35-14-7-8-15-38(35)31-42)40-25-19-36(20-26-40)34-12-5-4-6-13-34/h4-32H,1-3H3. The first-order chi connectivity index (χ1) is 25.9. The second kappa shape index (κ2) is 12.0. The van der Waals surface area contributed by atoms with Crippen molar-refractivity contribution in [1.29, 1.82) is 0 Å². The molecular weight excluding hydrogens is 645 g/mol. The zero-order valence-corrected chi connectivity index (χ0v) is 30.0. The average molecular weight is 683 g/mol. The van der Waals surface area contributed by atoms with Gasteiger partial charge in [-0.15, -0.1) is 0 Å². The molecule has 0 spiro atoms. The van der Waals surface area contributed by atoms with Crippen molar-refractivity contribution in [2.24, 2.45) is 0 Å². The molecular formula is C50H38N2O. The van der Waals surface area contributed by atoms with Crippen molar-refractivity contribution in [3.8, 4) is 33.8 Å². The summed E-state index contributed by atoms with van der Waals surface area (Å²) in [6.07, 6.45) is 0. The third-order valence-electron chi connectivity index (χ3n) is 11.1. The first-order valence-corrected chi connectivity index (χ1v) is 18.3. The Morgan fingerprint density at radius 2 is 1.04 bits per heavy atom. The van der Waals surface area contributed by atoms with E-state index < -0.39 is 0 Å². The van der Waals surface area contributed by atoms with Gasteiger partial charge in [-0.3, -0.25) is 0 Å². The predicted molar refractivity (Wildman–Crippen MR) is 221 cm³/mol. The first-order valence-electron chi connectivity index (χ1n) is 18.3. The highest BCUT2D eigenvalue weighted by molar-refractivity contribution is 5.95. The molecule has 0 bridgehead atoms. The highest BCUT2D eigenvalue weighted by Crippen LogP contribution is 2.60. The Balaban J connectivity index is 1.06. The summed E-state index contributed by atoms with van der Waals surface area (Å²) in [7, 11) is 0. The molecule has 254 valence electrons. The minimum atomic E-state index is -0.227. The van der Waals surface area contributed by atoms with Crippen molar-refractivity contribution in [2.75, 3.05) is 9.80 Å². The van der Waals surface area contributed by atoms with Crippen molar-refractivity contribution in [3.05, 3.63) is 193 Å². The summed E-state index contributed by atoms with van der Waals surface area (Å²) in [5.41, 5.74) is 15.2. The van der Waals surface area contributed by atoms with Gasteiger partial charge in [0.2, 0.25) is 0 Å². The molecule has 3 heteroatoms. The lowest BCUT2D eigenvalue weighted by atomic mass is 9.72. The zero-order valence-electron chi connectivity index (χ0n) is 30.0. The Labute approximate surface area is 311 Å². The van der Waals surface area contributed by atoms with Crippen LogP contribution in [0.15, 0.2) is 176 Å². The van der Waals surface area contributed by atoms with E-state index in [1.807, 2.05) is 0 Å². The molecule has 0 fully saturated rings. The summed E-state index contributed by atoms with van der Waals surface area (Å²) >= 11 is 0. The van der Waals surface area contributed by atoms with Crippen LogP contribution in [0.2, 0.25) is 0 Å². The number of aryl methyl sites for hydroxylation is 1. The molecule has 2 heterocycles. The molecule has 0 amide bonds. The van der Waals surface area contributed by atoms with Crippen LogP contribution in [-0.2, 0) is 5.41 Å². The highest BCUT2D eigenvalue weighted by Gasteiger charge is 2.42. The maximum Gasteiger partial charge on any atom is 0.151 e. The van der Waals surface area contributed by atoms with Gasteiger partial charge in [0.1, 0.15) is 0 Å². The number of ether oxygens (including phenoxy) is 1. The molecule has 2 aliphatic heterocycles. The van der Waals surface area contributed by atoms with E-state index in [-0.39, 0.29) is 5.41 Å². The second-order valence-electron chi connectivity index (χ2n) is 14.7. The van der Waals surface area contributed by atoms with Gasteiger partial charge in [-0.05, 0) is 117 Å². The van der Waals surface area contributed by atoms with Gasteiger partial charge in [-0.25, -0.2) is 0 Å². The van der Waals surface area contributed by atoms with Crippen molar-refractivity contribution in [2.45, 2.75) is 26.2 Å². The molecule has 0 aliphatic carbocycles. The maximum absolute atomic E-state index is 6.50. The zero-order chi connectivity index (χ0) is 35.7. The quantitative estimate of drug-likeness (QED) is 0.180. The third kappa shape index (κ3) is 5.03. The minimum absolute atomic E-state index is 0.227. The lowest BCUT2D eigenvalue weighted by Gasteiger charge is -2.45. The normalized spacial score (nSPS) is 13.5. The third-order valence-corrected chi connectivity index (χ3v) is 11.1. The van der Waals surface area contributed by atoms with Gasteiger partial charge >= 0.3 is 0 Å². The number of para-hydroxylation sites is 2. The van der Waals surface area contributed by atoms with Crippen LogP contribution in [0.5, 0.6) is 11.5 Å². The van der Waals surface area contributed by atoms with E-state index >= 15 is 0 Å². The van der Waals surface area contributed by atoms with Crippen LogP contribution >= 0.6 is 0 Å². The monoisotopic (exact) mass is 682 g/mol. The topological polar surface area (TPSA) is 15.7 Å². The molecule has 53 heavy (non-hydrogen) atoms. The number of hydrogen-bond acceptors (Lipinski definition) is 3. The van der Waals surface area contributed by atoms with E-state index in [9.17, 15) is 0 Å². The molecule has 8 aromatic carbocycles. The van der Waals surface area contributed by atoms with Gasteiger partial charge in [0, 0.05) is 22.5 Å². The fourth-order valence-electron chi connectivity index (χ4n) is 8.37. The average Bonchev–Trinajstić information content (AvgIpc) is 3.20. The van der Waals surface area contributed by atoms with Crippen LogP contribution in [0, 0.1) is 6.92 Å². The molecule has 8 aromatic rings. The molecule has 0 saturated heterocycles. The summed E-state index contributed by atoms with van der Waals surface area (Å²) < 4.78 is 6.50. The summed E-state index contributed by atoms with van der Waals surface area (Å²) in [6, 6.07) is 63.5. The Morgan fingerprint density at radius 1 is 0.453 bits per heavy atom. The van der Waals surface area contributed by atoms with Crippen molar-refractivity contribution < 1.29 is 4.74 Å². The second-order valence-corrected chi connectivity index (χ2v) is 14.7. The van der Waals surface area contributed by atoms with Gasteiger partial charge in [0.05, 0.1) is 17.1 Å². The number of benzene rings is 8. The summed E-state index contributed by atoms with van der Waals surface area (Å²) in [5.74, 6) is 1.80. The molecule has 3 nitrogen and oxygen atoms in total. The van der Waals surface area contributed by atoms with E-state index in [1.54, 1.807) is 0 Å². The van der Waals surface area contributed by atoms with Gasteiger partial charge in [0.25, 0.3) is 0 Å². The molecule has 0 saturated carbocycles. The van der Waals surface area contributed by atoms with E-state index in [0.717, 1.165) is 39.9 Å². The molecule has 0 aromatic heterocycles. The fourth-order valence-corrected chi connectivity index (χ4v) is 8.37. The molecule has 10 rings (SSSR count). The number of nitrogens with zero attached hydrogens (tertiary/aromatic N) is 2. The molecule has 0 radical (unpaired) electrons. The summed E-state index contributed by atoms with van der Waals surface area (Å²) in [6.45, 7) is 6.84. The Morgan fingerprint density at radius 3 is 1.77 bits per heavy atom. The van der Waals surface area contributed by atoms with Crippen molar-refractivity contribution >= 4 is 44.9 Å². The van der Waals surface area contributed by atoms with E-state index in [1.165, 1.54) is 55.4 Å². The smallest absolute Gasteiger partial charge is 0.151 e. The maximum atomic E-state index is 6.50. The number of rotatable bonds is 5. The van der Waals surface area contributed by atoms with E-state index in [4.69, 9.17) is 4.74 Å². The number of hydrogen-bond donors (Lipinski definition) is 0. The van der Waals surface area contributed by atoms with Crippen LogP contribution in [0.1, 0.15) is 30.5 Å². The van der Waals surface area contributed by atoms with E-state index in [0.29, 0.717) is 0 Å². The van der Waals surface area contributed by atoms with Gasteiger partial charge in [-0.1, -0.05) is 129 Å². The largest absolute Gasteiger partial charge is 0.453 e. The van der Waals surface area contributed by atoms with Crippen LogP contribution in [0.25, 0.3) is 33.0 Å². The van der Waals surface area contributed by atoms with Gasteiger partial charge in [0.15, 0.2) is 11.5 Å². The predicted octanol–water partition coefficient (Wildman–Crippen LogP) is 14.2. The minimum Gasteiger partial charge on any atom is -0.453 e. The molecule has 2 aliphatic rings. The lowest BCUT2D eigenvalue weighted by molar-refractivity contribution is 0.471. The van der Waals surface area contributed by atoms with Crippen LogP contribution in [-0.4, -0.2) is 0 Å². The van der Waals surface area contributed by atoms with Crippen LogP contribution in [0.3, 0.4) is 0 Å². The lowest BCUT2D eigenvalue weighted by Crippen LogP contribution is -2.32. The number of anilines is 6. The molecule has 0 atom stereocenters.